The molecule has 4 aliphatic carbocycles. The summed E-state index contributed by atoms with van der Waals surface area (Å²) >= 11 is 0. The summed E-state index contributed by atoms with van der Waals surface area (Å²) in [6, 6.07) is 9.21. The van der Waals surface area contributed by atoms with E-state index in [4.69, 9.17) is 0 Å². The summed E-state index contributed by atoms with van der Waals surface area (Å²) in [4.78, 5) is 0. The molecule has 18 heavy (non-hydrogen) atoms. The van der Waals surface area contributed by atoms with Gasteiger partial charge < -0.3 is 0 Å². The number of fused-ring (bicyclic) bond motifs is 2. The lowest BCUT2D eigenvalue weighted by Gasteiger charge is -2.06. The monoisotopic (exact) mass is 232 g/mol. The van der Waals surface area contributed by atoms with Crippen molar-refractivity contribution in [2.45, 2.75) is 19.8 Å². The number of hydrogen-bond acceptors (Lipinski definition) is 0. The van der Waals surface area contributed by atoms with Gasteiger partial charge in [0.15, 0.2) is 0 Å². The number of hydrogen-bond donors (Lipinski definition) is 0. The molecule has 0 amide bonds. The summed E-state index contributed by atoms with van der Waals surface area (Å²) in [6.45, 7) is 2.26. The quantitative estimate of drug-likeness (QED) is 0.655. The van der Waals surface area contributed by atoms with Crippen LogP contribution in [0.15, 0.2) is 30.3 Å². The Morgan fingerprint density at radius 2 is 1.78 bits per heavy atom. The summed E-state index contributed by atoms with van der Waals surface area (Å²) in [5, 5.41) is 5.69. The van der Waals surface area contributed by atoms with E-state index in [1.807, 2.05) is 0 Å². The topological polar surface area (TPSA) is 0 Å². The molecule has 0 saturated heterocycles. The first kappa shape index (κ1) is 10.1. The van der Waals surface area contributed by atoms with Gasteiger partial charge in [-0.1, -0.05) is 55.5 Å². The Morgan fingerprint density at radius 1 is 1.00 bits per heavy atom. The molecule has 0 fully saturated rings. The van der Waals surface area contributed by atoms with E-state index in [1.54, 1.807) is 0 Å². The van der Waals surface area contributed by atoms with E-state index in [0.29, 0.717) is 5.92 Å². The molecule has 0 aliphatic heterocycles. The number of rotatable bonds is 0. The van der Waals surface area contributed by atoms with Crippen LogP contribution in [0.5, 0.6) is 0 Å². The van der Waals surface area contributed by atoms with E-state index >= 15 is 0 Å². The van der Waals surface area contributed by atoms with Crippen LogP contribution in [0.4, 0.5) is 0 Å². The van der Waals surface area contributed by atoms with E-state index in [1.165, 1.54) is 44.8 Å². The molecule has 0 aromatic rings. The van der Waals surface area contributed by atoms with E-state index in [0.717, 1.165) is 0 Å². The van der Waals surface area contributed by atoms with Crippen LogP contribution < -0.4 is 10.4 Å². The van der Waals surface area contributed by atoms with Gasteiger partial charge in [0.25, 0.3) is 0 Å². The molecule has 0 nitrogen and oxygen atoms in total. The highest BCUT2D eigenvalue weighted by Crippen LogP contribution is 2.19. The number of aryl methyl sites for hydroxylation is 1. The standard InChI is InChI=1S/C18H16/c1-12-10-14-7-6-13-4-2-3-5-16(13)17-9-8-15(11-12)18(14)17/h3,5-12H,2,4H2,1H3/t12-/m0/s1. The fourth-order valence-electron chi connectivity index (χ4n) is 3.33. The minimum absolute atomic E-state index is 0.540. The van der Waals surface area contributed by atoms with E-state index < -0.39 is 0 Å². The summed E-state index contributed by atoms with van der Waals surface area (Å²) < 4.78 is 0. The van der Waals surface area contributed by atoms with Crippen LogP contribution in [0.2, 0.25) is 0 Å². The first-order chi connectivity index (χ1) is 8.83. The lowest BCUT2D eigenvalue weighted by atomic mass is 9.98. The fraction of sp³-hybridized carbons (Fsp3) is 0.222. The first-order valence-electron chi connectivity index (χ1n) is 6.78. The van der Waals surface area contributed by atoms with Gasteiger partial charge in [0.05, 0.1) is 0 Å². The van der Waals surface area contributed by atoms with Gasteiger partial charge in [0.1, 0.15) is 0 Å². The van der Waals surface area contributed by atoms with Gasteiger partial charge in [-0.3, -0.25) is 0 Å². The molecular weight excluding hydrogens is 216 g/mol. The molecule has 0 unspecified atom stereocenters. The van der Waals surface area contributed by atoms with Crippen LogP contribution in [-0.2, 0) is 6.42 Å². The number of allylic oxidation sites excluding steroid dienone is 1. The van der Waals surface area contributed by atoms with Crippen LogP contribution in [0.3, 0.4) is 0 Å². The van der Waals surface area contributed by atoms with Crippen molar-refractivity contribution in [3.05, 3.63) is 62.3 Å². The second kappa shape index (κ2) is 3.58. The highest BCUT2D eigenvalue weighted by molar-refractivity contribution is 5.59. The van der Waals surface area contributed by atoms with Gasteiger partial charge >= 0.3 is 0 Å². The molecule has 0 aromatic carbocycles. The van der Waals surface area contributed by atoms with Crippen LogP contribution in [0, 0.1) is 16.4 Å². The van der Waals surface area contributed by atoms with Crippen LogP contribution in [0.25, 0.3) is 18.2 Å². The minimum Gasteiger partial charge on any atom is -0.0836 e. The summed E-state index contributed by atoms with van der Waals surface area (Å²) in [5.74, 6) is 0.540. The highest BCUT2D eigenvalue weighted by atomic mass is 14.1. The molecule has 88 valence electrons. The lowest BCUT2D eigenvalue weighted by molar-refractivity contribution is 0.986. The van der Waals surface area contributed by atoms with Crippen molar-refractivity contribution in [3.63, 3.8) is 0 Å². The van der Waals surface area contributed by atoms with Gasteiger partial charge in [-0.15, -0.1) is 0 Å². The Hall–Kier alpha value is -1.82. The predicted octanol–water partition coefficient (Wildman–Crippen LogP) is 2.58. The molecule has 4 aliphatic rings. The Kier molecular flexibility index (Phi) is 2.02. The van der Waals surface area contributed by atoms with Crippen molar-refractivity contribution >= 4 is 18.2 Å². The minimum atomic E-state index is 0.540. The molecule has 0 saturated carbocycles. The van der Waals surface area contributed by atoms with Crippen LogP contribution in [-0.4, -0.2) is 0 Å². The highest BCUT2D eigenvalue weighted by Gasteiger charge is 2.09. The Balaban J connectivity index is 2.34. The Bertz CT molecular complexity index is 837. The fourth-order valence-corrected chi connectivity index (χ4v) is 3.33. The maximum atomic E-state index is 2.38. The van der Waals surface area contributed by atoms with Crippen molar-refractivity contribution in [3.8, 4) is 0 Å². The molecule has 0 bridgehead atoms. The molecule has 0 heteroatoms. The zero-order chi connectivity index (χ0) is 12.1. The average Bonchev–Trinajstić information content (AvgIpc) is 2.72. The maximum absolute atomic E-state index is 2.38. The van der Waals surface area contributed by atoms with E-state index in [2.05, 4.69) is 55.5 Å². The smallest absolute Gasteiger partial charge is 0.00387 e. The van der Waals surface area contributed by atoms with Gasteiger partial charge in [0, 0.05) is 0 Å². The molecule has 0 N–H and O–H groups in total. The Labute approximate surface area is 107 Å². The third kappa shape index (κ3) is 1.32. The zero-order valence-corrected chi connectivity index (χ0v) is 10.6. The largest absolute Gasteiger partial charge is 0.0836 e. The molecule has 4 rings (SSSR count). The van der Waals surface area contributed by atoms with Crippen molar-refractivity contribution in [1.82, 2.24) is 0 Å². The molecule has 0 aromatic heterocycles. The van der Waals surface area contributed by atoms with Crippen LogP contribution >= 0.6 is 0 Å². The molecule has 0 spiro atoms. The molecule has 1 atom stereocenters. The second-order valence-corrected chi connectivity index (χ2v) is 5.44. The van der Waals surface area contributed by atoms with Gasteiger partial charge in [-0.25, -0.2) is 0 Å². The van der Waals surface area contributed by atoms with Crippen LogP contribution in [0.1, 0.15) is 24.5 Å². The maximum Gasteiger partial charge on any atom is -0.00387 e. The van der Waals surface area contributed by atoms with Crippen molar-refractivity contribution < 1.29 is 0 Å². The lowest BCUT2D eigenvalue weighted by Crippen LogP contribution is -2.18. The molecule has 0 radical (unpaired) electrons. The summed E-state index contributed by atoms with van der Waals surface area (Å²) in [6.07, 6.45) is 11.7. The van der Waals surface area contributed by atoms with Crippen molar-refractivity contribution in [2.24, 2.45) is 5.92 Å². The van der Waals surface area contributed by atoms with Crippen molar-refractivity contribution in [1.29, 1.82) is 0 Å². The third-order valence-corrected chi connectivity index (χ3v) is 4.13. The molecular formula is C18H16. The second-order valence-electron chi connectivity index (χ2n) is 5.44. The van der Waals surface area contributed by atoms with Crippen molar-refractivity contribution in [2.75, 3.05) is 0 Å². The van der Waals surface area contributed by atoms with Gasteiger partial charge in [-0.2, -0.15) is 0 Å². The Morgan fingerprint density at radius 3 is 2.61 bits per heavy atom. The third-order valence-electron chi connectivity index (χ3n) is 4.13. The first-order valence-corrected chi connectivity index (χ1v) is 6.78. The zero-order valence-electron chi connectivity index (χ0n) is 10.6. The summed E-state index contributed by atoms with van der Waals surface area (Å²) in [7, 11) is 0. The SMILES string of the molecule is C[C@H]1C=c2ccc3c(c4ccc(c2=4)=C1)C=CCC3. The predicted molar refractivity (Wildman–Crippen MR) is 76.4 cm³/mol. The van der Waals surface area contributed by atoms with Gasteiger partial charge in [0.2, 0.25) is 0 Å². The van der Waals surface area contributed by atoms with Gasteiger partial charge in [-0.05, 0) is 50.8 Å². The van der Waals surface area contributed by atoms with E-state index in [-0.39, 0.29) is 0 Å². The average molecular weight is 232 g/mol. The normalized spacial score (nSPS) is 20.2. The van der Waals surface area contributed by atoms with E-state index in [9.17, 15) is 0 Å². The summed E-state index contributed by atoms with van der Waals surface area (Å²) in [5.41, 5.74) is 2.93. The molecule has 0 heterocycles.